The highest BCUT2D eigenvalue weighted by Crippen LogP contribution is 2.30. The third-order valence-corrected chi connectivity index (χ3v) is 5.84. The Balaban J connectivity index is 1.67. The van der Waals surface area contributed by atoms with Crippen LogP contribution in [0.15, 0.2) is 0 Å². The van der Waals surface area contributed by atoms with Gasteiger partial charge in [0.1, 0.15) is 5.01 Å². The number of rotatable bonds is 3. The molecule has 0 spiro atoms. The van der Waals surface area contributed by atoms with Crippen LogP contribution in [0.4, 0.5) is 5.13 Å². The Labute approximate surface area is 146 Å². The van der Waals surface area contributed by atoms with Gasteiger partial charge >= 0.3 is 0 Å². The monoisotopic (exact) mass is 354 g/mol. The number of nitrogens with one attached hydrogen (secondary N) is 1. The number of aromatic nitrogens is 2. The lowest BCUT2D eigenvalue weighted by atomic mass is 9.98. The average Bonchev–Trinajstić information content (AvgIpc) is 3.14. The van der Waals surface area contributed by atoms with Crippen LogP contribution in [0.5, 0.6) is 0 Å². The molecular formula is C16H26N4O3S. The quantitative estimate of drug-likeness (QED) is 0.853. The molecule has 0 radical (unpaired) electrons. The molecule has 2 fully saturated rings. The van der Waals surface area contributed by atoms with E-state index < -0.39 is 6.10 Å². The minimum atomic E-state index is -0.455. The predicted molar refractivity (Wildman–Crippen MR) is 92.2 cm³/mol. The van der Waals surface area contributed by atoms with E-state index in [2.05, 4.69) is 41.2 Å². The summed E-state index contributed by atoms with van der Waals surface area (Å²) in [7, 11) is 0. The first-order valence-electron chi connectivity index (χ1n) is 8.51. The Morgan fingerprint density at radius 3 is 2.67 bits per heavy atom. The second kappa shape index (κ2) is 7.03. The molecule has 2 aliphatic heterocycles. The second-order valence-electron chi connectivity index (χ2n) is 7.60. The van der Waals surface area contributed by atoms with Crippen molar-refractivity contribution in [2.45, 2.75) is 63.6 Å². The van der Waals surface area contributed by atoms with Gasteiger partial charge in [0, 0.05) is 31.2 Å². The van der Waals surface area contributed by atoms with Gasteiger partial charge in [0.2, 0.25) is 11.0 Å². The van der Waals surface area contributed by atoms with E-state index in [0.29, 0.717) is 24.1 Å². The van der Waals surface area contributed by atoms with Gasteiger partial charge in [-0.05, 0) is 19.3 Å². The first kappa shape index (κ1) is 17.7. The third-order valence-electron chi connectivity index (χ3n) is 4.58. The van der Waals surface area contributed by atoms with Crippen LogP contribution >= 0.6 is 11.3 Å². The van der Waals surface area contributed by atoms with Crippen molar-refractivity contribution >= 4 is 22.4 Å². The lowest BCUT2D eigenvalue weighted by molar-refractivity contribution is -0.121. The van der Waals surface area contributed by atoms with Gasteiger partial charge in [0.05, 0.1) is 12.1 Å². The van der Waals surface area contributed by atoms with Gasteiger partial charge < -0.3 is 9.84 Å². The number of β-amino-alcohol motifs (C(OH)–C–C–N with tert-alkyl or cyclic N) is 1. The van der Waals surface area contributed by atoms with Gasteiger partial charge in [-0.25, -0.2) is 0 Å². The highest BCUT2D eigenvalue weighted by molar-refractivity contribution is 7.15. The molecule has 0 unspecified atom stereocenters. The average molecular weight is 354 g/mol. The number of hydrogen-bond acceptors (Lipinski definition) is 7. The normalized spacial score (nSPS) is 26.7. The maximum absolute atomic E-state index is 12.7. The summed E-state index contributed by atoms with van der Waals surface area (Å²) in [4.78, 5) is 14.8. The van der Waals surface area contributed by atoms with E-state index in [9.17, 15) is 9.90 Å². The van der Waals surface area contributed by atoms with E-state index in [1.165, 1.54) is 11.3 Å². The maximum atomic E-state index is 12.7. The summed E-state index contributed by atoms with van der Waals surface area (Å²) < 4.78 is 5.41. The molecule has 0 aliphatic carbocycles. The topological polar surface area (TPSA) is 87.6 Å². The smallest absolute Gasteiger partial charge is 0.243 e. The van der Waals surface area contributed by atoms with Crippen molar-refractivity contribution in [3.05, 3.63) is 5.01 Å². The SMILES string of the molecule is CC(C)(C)c1nnc(NC(=O)[C@@H]2C[C@@H](O)CN2C2CCOCC2)s1. The van der Waals surface area contributed by atoms with Crippen LogP contribution in [0.25, 0.3) is 0 Å². The summed E-state index contributed by atoms with van der Waals surface area (Å²) in [6, 6.07) is -0.0173. The summed E-state index contributed by atoms with van der Waals surface area (Å²) in [6.07, 6.45) is 1.82. The van der Waals surface area contributed by atoms with Crippen molar-refractivity contribution in [2.24, 2.45) is 0 Å². The number of hydrogen-bond donors (Lipinski definition) is 2. The number of aliphatic hydroxyl groups is 1. The number of anilines is 1. The molecular weight excluding hydrogens is 328 g/mol. The standard InChI is InChI=1S/C16H26N4O3S/c1-16(2,3)14-18-19-15(24-14)17-13(22)12-8-11(21)9-20(12)10-4-6-23-7-5-10/h10-12,21H,4-9H2,1-3H3,(H,17,19,22)/t11-,12+/m1/s1. The van der Waals surface area contributed by atoms with E-state index in [1.807, 2.05) is 0 Å². The minimum Gasteiger partial charge on any atom is -0.392 e. The zero-order chi connectivity index (χ0) is 17.3. The van der Waals surface area contributed by atoms with Crippen molar-refractivity contribution in [3.8, 4) is 0 Å². The molecule has 0 saturated carbocycles. The lowest BCUT2D eigenvalue weighted by Crippen LogP contribution is -2.47. The lowest BCUT2D eigenvalue weighted by Gasteiger charge is -2.34. The number of carbonyl (C=O) groups excluding carboxylic acids is 1. The molecule has 1 amide bonds. The Morgan fingerprint density at radius 1 is 1.33 bits per heavy atom. The van der Waals surface area contributed by atoms with Crippen LogP contribution in [0.1, 0.15) is 45.0 Å². The number of carbonyl (C=O) groups is 1. The van der Waals surface area contributed by atoms with E-state index in [1.54, 1.807) is 0 Å². The molecule has 2 aliphatic rings. The number of likely N-dealkylation sites (tertiary alicyclic amines) is 1. The number of ether oxygens (including phenoxy) is 1. The largest absolute Gasteiger partial charge is 0.392 e. The van der Waals surface area contributed by atoms with Gasteiger partial charge in [-0.2, -0.15) is 0 Å². The maximum Gasteiger partial charge on any atom is 0.243 e. The van der Waals surface area contributed by atoms with E-state index in [4.69, 9.17) is 4.74 Å². The fourth-order valence-corrected chi connectivity index (χ4v) is 4.09. The van der Waals surface area contributed by atoms with E-state index in [-0.39, 0.29) is 17.4 Å². The molecule has 24 heavy (non-hydrogen) atoms. The zero-order valence-electron chi connectivity index (χ0n) is 14.5. The van der Waals surface area contributed by atoms with Gasteiger partial charge in [-0.15, -0.1) is 10.2 Å². The highest BCUT2D eigenvalue weighted by Gasteiger charge is 2.40. The first-order valence-corrected chi connectivity index (χ1v) is 9.32. The summed E-state index contributed by atoms with van der Waals surface area (Å²) in [5, 5.41) is 22.6. The van der Waals surface area contributed by atoms with Crippen molar-refractivity contribution < 1.29 is 14.6 Å². The van der Waals surface area contributed by atoms with Crippen LogP contribution < -0.4 is 5.32 Å². The van der Waals surface area contributed by atoms with Crippen molar-refractivity contribution in [1.29, 1.82) is 0 Å². The molecule has 2 saturated heterocycles. The number of amides is 1. The summed E-state index contributed by atoms with van der Waals surface area (Å²) >= 11 is 1.41. The molecule has 0 aromatic carbocycles. The third kappa shape index (κ3) is 3.93. The van der Waals surface area contributed by atoms with E-state index in [0.717, 1.165) is 31.1 Å². The van der Waals surface area contributed by atoms with Crippen LogP contribution in [0.3, 0.4) is 0 Å². The molecule has 2 N–H and O–H groups in total. The molecule has 3 heterocycles. The van der Waals surface area contributed by atoms with Crippen LogP contribution in [-0.2, 0) is 14.9 Å². The van der Waals surface area contributed by atoms with Gasteiger partial charge in [-0.1, -0.05) is 32.1 Å². The Kier molecular flexibility index (Phi) is 5.19. The number of nitrogens with zero attached hydrogens (tertiary/aromatic N) is 3. The van der Waals surface area contributed by atoms with Crippen LogP contribution in [0.2, 0.25) is 0 Å². The summed E-state index contributed by atoms with van der Waals surface area (Å²) in [6.45, 7) is 8.19. The Bertz CT molecular complexity index is 580. The summed E-state index contributed by atoms with van der Waals surface area (Å²) in [5.74, 6) is -0.102. The minimum absolute atomic E-state index is 0.0850. The van der Waals surface area contributed by atoms with E-state index >= 15 is 0 Å². The molecule has 8 heteroatoms. The number of aliphatic hydroxyl groups excluding tert-OH is 1. The van der Waals surface area contributed by atoms with Crippen LogP contribution in [0, 0.1) is 0 Å². The Morgan fingerprint density at radius 2 is 2.04 bits per heavy atom. The molecule has 1 aromatic heterocycles. The predicted octanol–water partition coefficient (Wildman–Crippen LogP) is 1.39. The molecule has 7 nitrogen and oxygen atoms in total. The first-order chi connectivity index (χ1) is 11.3. The molecule has 0 bridgehead atoms. The van der Waals surface area contributed by atoms with Crippen molar-refractivity contribution in [2.75, 3.05) is 25.1 Å². The molecule has 3 rings (SSSR count). The van der Waals surface area contributed by atoms with Gasteiger partial charge in [-0.3, -0.25) is 15.0 Å². The highest BCUT2D eigenvalue weighted by atomic mass is 32.1. The molecule has 134 valence electrons. The summed E-state index contributed by atoms with van der Waals surface area (Å²) in [5.41, 5.74) is -0.0850. The van der Waals surface area contributed by atoms with Crippen LogP contribution in [-0.4, -0.2) is 64.1 Å². The van der Waals surface area contributed by atoms with Crippen molar-refractivity contribution in [3.63, 3.8) is 0 Å². The fourth-order valence-electron chi connectivity index (χ4n) is 3.28. The second-order valence-corrected chi connectivity index (χ2v) is 8.57. The van der Waals surface area contributed by atoms with Crippen molar-refractivity contribution in [1.82, 2.24) is 15.1 Å². The molecule has 2 atom stereocenters. The fraction of sp³-hybridized carbons (Fsp3) is 0.812. The molecule has 1 aromatic rings. The Hall–Kier alpha value is -1.09. The zero-order valence-corrected chi connectivity index (χ0v) is 15.3. The van der Waals surface area contributed by atoms with Gasteiger partial charge in [0.25, 0.3) is 0 Å². The van der Waals surface area contributed by atoms with Gasteiger partial charge in [0.15, 0.2) is 0 Å².